The first kappa shape index (κ1) is 18.5. The van der Waals surface area contributed by atoms with Gasteiger partial charge in [-0.2, -0.15) is 0 Å². The van der Waals surface area contributed by atoms with Crippen LogP contribution in [0, 0.1) is 11.3 Å². The smallest absolute Gasteiger partial charge is 0.191 e. The van der Waals surface area contributed by atoms with E-state index >= 15 is 0 Å². The van der Waals surface area contributed by atoms with E-state index in [4.69, 9.17) is 14.5 Å². The highest BCUT2D eigenvalue weighted by atomic mass is 16.5. The van der Waals surface area contributed by atoms with E-state index in [2.05, 4.69) is 31.4 Å². The van der Waals surface area contributed by atoms with E-state index in [1.807, 2.05) is 0 Å². The first-order valence-corrected chi connectivity index (χ1v) is 9.38. The molecule has 1 aliphatic heterocycles. The van der Waals surface area contributed by atoms with Crippen molar-refractivity contribution in [2.45, 2.75) is 59.0 Å². The third-order valence-electron chi connectivity index (χ3n) is 4.89. The number of rotatable bonds is 9. The van der Waals surface area contributed by atoms with Gasteiger partial charge in [-0.05, 0) is 39.0 Å². The van der Waals surface area contributed by atoms with Crippen LogP contribution in [-0.2, 0) is 9.47 Å². The van der Waals surface area contributed by atoms with E-state index in [9.17, 15) is 0 Å². The lowest BCUT2D eigenvalue weighted by Crippen LogP contribution is -2.44. The molecule has 134 valence electrons. The third kappa shape index (κ3) is 5.96. The molecule has 1 heterocycles. The van der Waals surface area contributed by atoms with E-state index in [1.165, 1.54) is 25.7 Å². The van der Waals surface area contributed by atoms with E-state index in [1.54, 1.807) is 0 Å². The van der Waals surface area contributed by atoms with Crippen molar-refractivity contribution in [3.63, 3.8) is 0 Å². The maximum Gasteiger partial charge on any atom is 0.191 e. The van der Waals surface area contributed by atoms with Crippen LogP contribution in [0.15, 0.2) is 4.99 Å². The Kier molecular flexibility index (Phi) is 7.63. The summed E-state index contributed by atoms with van der Waals surface area (Å²) in [6, 6.07) is 0. The van der Waals surface area contributed by atoms with Gasteiger partial charge in [-0.15, -0.1) is 0 Å². The Balaban J connectivity index is 1.76. The van der Waals surface area contributed by atoms with Gasteiger partial charge in [0, 0.05) is 25.1 Å². The summed E-state index contributed by atoms with van der Waals surface area (Å²) in [7, 11) is 0. The maximum absolute atomic E-state index is 5.99. The standard InChI is InChI=1S/C18H35N3O2/c1-4-19-17(21-12-18(3)13-22-14-18)20-11-10-16(23-5-2)15-8-6-7-9-15/h15-16H,4-14H2,1-3H3,(H2,19,20,21). The summed E-state index contributed by atoms with van der Waals surface area (Å²) in [6.07, 6.45) is 6.85. The van der Waals surface area contributed by atoms with Gasteiger partial charge in [-0.1, -0.05) is 19.8 Å². The summed E-state index contributed by atoms with van der Waals surface area (Å²) < 4.78 is 11.3. The van der Waals surface area contributed by atoms with Gasteiger partial charge in [-0.25, -0.2) is 0 Å². The van der Waals surface area contributed by atoms with Crippen molar-refractivity contribution in [2.24, 2.45) is 16.3 Å². The minimum atomic E-state index is 0.222. The number of ether oxygens (including phenoxy) is 2. The number of nitrogens with zero attached hydrogens (tertiary/aromatic N) is 1. The molecule has 2 rings (SSSR count). The minimum absolute atomic E-state index is 0.222. The fourth-order valence-corrected chi connectivity index (χ4v) is 3.48. The number of aliphatic imine (C=N–C) groups is 1. The molecule has 0 aromatic carbocycles. The van der Waals surface area contributed by atoms with Crippen LogP contribution in [0.3, 0.4) is 0 Å². The fraction of sp³-hybridized carbons (Fsp3) is 0.944. The van der Waals surface area contributed by atoms with Crippen molar-refractivity contribution in [1.82, 2.24) is 10.6 Å². The lowest BCUT2D eigenvalue weighted by molar-refractivity contribution is -0.0945. The van der Waals surface area contributed by atoms with Crippen molar-refractivity contribution in [1.29, 1.82) is 0 Å². The highest BCUT2D eigenvalue weighted by molar-refractivity contribution is 5.79. The molecule has 2 fully saturated rings. The molecule has 0 bridgehead atoms. The van der Waals surface area contributed by atoms with E-state index < -0.39 is 0 Å². The Morgan fingerprint density at radius 1 is 1.26 bits per heavy atom. The van der Waals surface area contributed by atoms with Crippen molar-refractivity contribution in [3.05, 3.63) is 0 Å². The zero-order chi connectivity index (χ0) is 16.5. The SMILES string of the molecule is CCNC(=NCC1(C)COC1)NCCC(OCC)C1CCCC1. The van der Waals surface area contributed by atoms with Gasteiger partial charge in [0.05, 0.1) is 25.9 Å². The van der Waals surface area contributed by atoms with Crippen LogP contribution < -0.4 is 10.6 Å². The summed E-state index contributed by atoms with van der Waals surface area (Å²) in [5.74, 6) is 1.67. The molecule has 23 heavy (non-hydrogen) atoms. The van der Waals surface area contributed by atoms with Crippen LogP contribution in [0.4, 0.5) is 0 Å². The quantitative estimate of drug-likeness (QED) is 0.505. The highest BCUT2D eigenvalue weighted by Crippen LogP contribution is 2.30. The van der Waals surface area contributed by atoms with Gasteiger partial charge >= 0.3 is 0 Å². The van der Waals surface area contributed by atoms with E-state index in [-0.39, 0.29) is 5.41 Å². The van der Waals surface area contributed by atoms with Crippen LogP contribution in [0.1, 0.15) is 52.9 Å². The Labute approximate surface area is 141 Å². The summed E-state index contributed by atoms with van der Waals surface area (Å²) >= 11 is 0. The molecule has 1 unspecified atom stereocenters. The highest BCUT2D eigenvalue weighted by Gasteiger charge is 2.33. The Morgan fingerprint density at radius 3 is 2.57 bits per heavy atom. The average Bonchev–Trinajstić information content (AvgIpc) is 3.04. The van der Waals surface area contributed by atoms with Crippen LogP contribution in [0.25, 0.3) is 0 Å². The third-order valence-corrected chi connectivity index (χ3v) is 4.89. The molecule has 2 N–H and O–H groups in total. The topological polar surface area (TPSA) is 54.9 Å². The van der Waals surface area contributed by atoms with Gasteiger partial charge in [0.2, 0.25) is 0 Å². The number of guanidine groups is 1. The molecule has 0 amide bonds. The predicted octanol–water partition coefficient (Wildman–Crippen LogP) is 2.56. The number of nitrogens with one attached hydrogen (secondary N) is 2. The summed E-state index contributed by atoms with van der Waals surface area (Å²) in [6.45, 7) is 11.5. The molecule has 1 atom stereocenters. The minimum Gasteiger partial charge on any atom is -0.380 e. The lowest BCUT2D eigenvalue weighted by Gasteiger charge is -2.36. The van der Waals surface area contributed by atoms with Crippen LogP contribution in [-0.4, -0.2) is 51.5 Å². The summed E-state index contributed by atoms with van der Waals surface area (Å²) in [4.78, 5) is 4.72. The van der Waals surface area contributed by atoms with Crippen molar-refractivity contribution >= 4 is 5.96 Å². The van der Waals surface area contributed by atoms with Crippen LogP contribution >= 0.6 is 0 Å². The Bertz CT molecular complexity index is 363. The van der Waals surface area contributed by atoms with Gasteiger partial charge in [0.15, 0.2) is 5.96 Å². The molecule has 0 radical (unpaired) electrons. The molecule has 5 nitrogen and oxygen atoms in total. The Hall–Kier alpha value is -0.810. The van der Waals surface area contributed by atoms with Crippen LogP contribution in [0.5, 0.6) is 0 Å². The average molecular weight is 325 g/mol. The normalized spacial score (nSPS) is 22.7. The number of hydrogen-bond acceptors (Lipinski definition) is 3. The zero-order valence-electron chi connectivity index (χ0n) is 15.2. The molecule has 1 aliphatic carbocycles. The molecule has 1 saturated carbocycles. The van der Waals surface area contributed by atoms with E-state index in [0.29, 0.717) is 6.10 Å². The fourth-order valence-electron chi connectivity index (χ4n) is 3.48. The molecular weight excluding hydrogens is 290 g/mol. The molecule has 0 aromatic rings. The lowest BCUT2D eigenvalue weighted by atomic mass is 9.89. The van der Waals surface area contributed by atoms with Crippen LogP contribution in [0.2, 0.25) is 0 Å². The molecule has 0 spiro atoms. The van der Waals surface area contributed by atoms with Crippen molar-refractivity contribution in [3.8, 4) is 0 Å². The largest absolute Gasteiger partial charge is 0.380 e. The molecule has 1 saturated heterocycles. The zero-order valence-corrected chi connectivity index (χ0v) is 15.2. The summed E-state index contributed by atoms with van der Waals surface area (Å²) in [5, 5.41) is 6.81. The molecular formula is C18H35N3O2. The first-order chi connectivity index (χ1) is 11.2. The molecule has 0 aromatic heterocycles. The van der Waals surface area contributed by atoms with Crippen molar-refractivity contribution < 1.29 is 9.47 Å². The van der Waals surface area contributed by atoms with Gasteiger partial charge in [0.25, 0.3) is 0 Å². The maximum atomic E-state index is 5.99. The second-order valence-corrected chi connectivity index (χ2v) is 7.25. The second-order valence-electron chi connectivity index (χ2n) is 7.25. The van der Waals surface area contributed by atoms with Gasteiger partial charge < -0.3 is 20.1 Å². The van der Waals surface area contributed by atoms with Crippen molar-refractivity contribution in [2.75, 3.05) is 39.5 Å². The second kappa shape index (κ2) is 9.48. The van der Waals surface area contributed by atoms with E-state index in [0.717, 1.165) is 57.8 Å². The first-order valence-electron chi connectivity index (χ1n) is 9.38. The summed E-state index contributed by atoms with van der Waals surface area (Å²) in [5.41, 5.74) is 0.222. The molecule has 5 heteroatoms. The van der Waals surface area contributed by atoms with Gasteiger partial charge in [0.1, 0.15) is 0 Å². The Morgan fingerprint density at radius 2 is 2.00 bits per heavy atom. The number of hydrogen-bond donors (Lipinski definition) is 2. The van der Waals surface area contributed by atoms with Gasteiger partial charge in [-0.3, -0.25) is 4.99 Å². The molecule has 2 aliphatic rings. The predicted molar refractivity (Wildman–Crippen MR) is 94.9 cm³/mol. The monoisotopic (exact) mass is 325 g/mol.